The third-order valence-corrected chi connectivity index (χ3v) is 6.18. The molecule has 1 saturated heterocycles. The van der Waals surface area contributed by atoms with Crippen LogP contribution in [-0.4, -0.2) is 42.9 Å². The van der Waals surface area contributed by atoms with Gasteiger partial charge in [-0.1, -0.05) is 12.1 Å². The van der Waals surface area contributed by atoms with Crippen LogP contribution in [0.2, 0.25) is 0 Å². The number of para-hydroxylation sites is 2. The number of nitrogens with one attached hydrogen (secondary N) is 1. The second-order valence-electron chi connectivity index (χ2n) is 7.97. The van der Waals surface area contributed by atoms with E-state index in [1.165, 1.54) is 0 Å². The molecule has 1 fully saturated rings. The summed E-state index contributed by atoms with van der Waals surface area (Å²) in [4.78, 5) is 28.7. The molecule has 8 heteroatoms. The first kappa shape index (κ1) is 20.8. The highest BCUT2D eigenvalue weighted by molar-refractivity contribution is 6.27. The summed E-state index contributed by atoms with van der Waals surface area (Å²) in [5.41, 5.74) is 1.17. The van der Waals surface area contributed by atoms with Crippen molar-refractivity contribution >= 4 is 28.3 Å². The molecule has 1 N–H and O–H groups in total. The van der Waals surface area contributed by atoms with Gasteiger partial charge in [0.2, 0.25) is 0 Å². The van der Waals surface area contributed by atoms with Crippen molar-refractivity contribution in [3.05, 3.63) is 72.4 Å². The topological polar surface area (TPSA) is 93.0 Å². The Morgan fingerprint density at radius 2 is 1.82 bits per heavy atom. The number of aromatic amines is 1. The third kappa shape index (κ3) is 3.09. The molecule has 4 aromatic rings. The van der Waals surface area contributed by atoms with Gasteiger partial charge in [-0.25, -0.2) is 4.98 Å². The van der Waals surface area contributed by atoms with Crippen molar-refractivity contribution in [3.8, 4) is 11.5 Å². The summed E-state index contributed by atoms with van der Waals surface area (Å²) in [6, 6.07) is 16.7. The lowest BCUT2D eigenvalue weighted by Gasteiger charge is -2.33. The van der Waals surface area contributed by atoms with Crippen LogP contribution >= 0.6 is 0 Å². The Hall–Kier alpha value is -4.07. The molecule has 5 rings (SSSR count). The van der Waals surface area contributed by atoms with Gasteiger partial charge in [0.25, 0.3) is 0 Å². The summed E-state index contributed by atoms with van der Waals surface area (Å²) < 4.78 is 16.8. The molecule has 2 aromatic heterocycles. The van der Waals surface area contributed by atoms with E-state index in [1.54, 1.807) is 45.7 Å². The predicted octanol–water partition coefficient (Wildman–Crippen LogP) is 4.29. The van der Waals surface area contributed by atoms with Crippen LogP contribution in [0.4, 0.5) is 5.69 Å². The first-order valence-corrected chi connectivity index (χ1v) is 10.5. The molecule has 0 bridgehead atoms. The zero-order valence-electron chi connectivity index (χ0n) is 18.8. The lowest BCUT2D eigenvalue weighted by molar-refractivity contribution is -0.123. The largest absolute Gasteiger partial charge is 0.497 e. The number of nitrogens with zero attached hydrogens (tertiary/aromatic N) is 3. The lowest BCUT2D eigenvalue weighted by atomic mass is 9.89. The average molecular weight is 444 g/mol. The Bertz CT molecular complexity index is 1300. The molecule has 8 nitrogen and oxygen atoms in total. The average Bonchev–Trinajstić information content (AvgIpc) is 3.56. The van der Waals surface area contributed by atoms with E-state index >= 15 is 0 Å². The molecular weight excluding hydrogens is 420 g/mol. The van der Waals surface area contributed by atoms with Gasteiger partial charge < -0.3 is 23.8 Å². The maximum atomic E-state index is 14.2. The highest BCUT2D eigenvalue weighted by atomic mass is 16.5. The fourth-order valence-electron chi connectivity index (χ4n) is 4.55. The predicted molar refractivity (Wildman–Crippen MR) is 125 cm³/mol. The SMILES string of the molecule is CN=C1C(c2nc3ccccc3[nH]2)C(=O)C(C)(c2ccco2)N1c1cc(OC)cc(OC)c1. The Balaban J connectivity index is 1.75. The number of carbonyl (C=O) groups excluding carboxylic acids is 1. The minimum atomic E-state index is -1.17. The van der Waals surface area contributed by atoms with Crippen LogP contribution < -0.4 is 14.4 Å². The molecule has 0 amide bonds. The van der Waals surface area contributed by atoms with Crippen LogP contribution in [0, 0.1) is 0 Å². The molecule has 0 saturated carbocycles. The Labute approximate surface area is 190 Å². The van der Waals surface area contributed by atoms with Crippen LogP contribution in [0.25, 0.3) is 11.0 Å². The van der Waals surface area contributed by atoms with E-state index in [4.69, 9.17) is 18.9 Å². The number of rotatable bonds is 5. The van der Waals surface area contributed by atoms with E-state index in [1.807, 2.05) is 48.2 Å². The smallest absolute Gasteiger partial charge is 0.184 e. The molecule has 0 aliphatic carbocycles. The molecule has 33 heavy (non-hydrogen) atoms. The number of ketones is 1. The van der Waals surface area contributed by atoms with Crippen molar-refractivity contribution in [3.63, 3.8) is 0 Å². The molecule has 1 aliphatic heterocycles. The zero-order chi connectivity index (χ0) is 23.2. The number of hydrogen-bond acceptors (Lipinski definition) is 6. The van der Waals surface area contributed by atoms with Crippen LogP contribution in [-0.2, 0) is 10.3 Å². The molecule has 2 atom stereocenters. The number of amidine groups is 1. The first-order valence-electron chi connectivity index (χ1n) is 10.5. The van der Waals surface area contributed by atoms with Gasteiger partial charge in [-0.05, 0) is 31.2 Å². The number of anilines is 1. The Kier molecular flexibility index (Phi) is 4.92. The number of imidazole rings is 1. The van der Waals surface area contributed by atoms with Gasteiger partial charge in [0.15, 0.2) is 11.3 Å². The first-order chi connectivity index (χ1) is 16.0. The van der Waals surface area contributed by atoms with Gasteiger partial charge in [0.05, 0.1) is 37.2 Å². The van der Waals surface area contributed by atoms with Crippen LogP contribution in [0.1, 0.15) is 24.4 Å². The van der Waals surface area contributed by atoms with Crippen molar-refractivity contribution in [2.45, 2.75) is 18.4 Å². The van der Waals surface area contributed by atoms with E-state index in [-0.39, 0.29) is 5.78 Å². The maximum absolute atomic E-state index is 14.2. The third-order valence-electron chi connectivity index (χ3n) is 6.18. The van der Waals surface area contributed by atoms with Gasteiger partial charge in [-0.15, -0.1) is 0 Å². The lowest BCUT2D eigenvalue weighted by Crippen LogP contribution is -2.44. The van der Waals surface area contributed by atoms with Crippen LogP contribution in [0.15, 0.2) is 70.3 Å². The van der Waals surface area contributed by atoms with Crippen molar-refractivity contribution < 1.29 is 18.7 Å². The van der Waals surface area contributed by atoms with Crippen LogP contribution in [0.5, 0.6) is 11.5 Å². The summed E-state index contributed by atoms with van der Waals surface area (Å²) in [6.07, 6.45) is 1.56. The highest BCUT2D eigenvalue weighted by Crippen LogP contribution is 2.47. The molecule has 1 aliphatic rings. The number of fused-ring (bicyclic) bond motifs is 1. The number of aliphatic imine (C=N–C) groups is 1. The quantitative estimate of drug-likeness (QED) is 0.494. The number of benzene rings is 2. The number of methoxy groups -OCH3 is 2. The number of carbonyl (C=O) groups is 1. The number of ether oxygens (including phenoxy) is 2. The molecule has 0 spiro atoms. The van der Waals surface area contributed by atoms with Crippen molar-refractivity contribution in [1.82, 2.24) is 9.97 Å². The highest BCUT2D eigenvalue weighted by Gasteiger charge is 2.58. The fourth-order valence-corrected chi connectivity index (χ4v) is 4.55. The van der Waals surface area contributed by atoms with Gasteiger partial charge in [-0.3, -0.25) is 9.79 Å². The monoisotopic (exact) mass is 444 g/mol. The molecule has 2 unspecified atom stereocenters. The van der Waals surface area contributed by atoms with Crippen molar-refractivity contribution in [1.29, 1.82) is 0 Å². The zero-order valence-corrected chi connectivity index (χ0v) is 18.8. The van der Waals surface area contributed by atoms with Gasteiger partial charge in [0.1, 0.15) is 34.8 Å². The number of furan rings is 1. The molecule has 2 aromatic carbocycles. The molecule has 168 valence electrons. The minimum Gasteiger partial charge on any atom is -0.497 e. The van der Waals surface area contributed by atoms with E-state index in [2.05, 4.69) is 9.98 Å². The van der Waals surface area contributed by atoms with Crippen molar-refractivity contribution in [2.75, 3.05) is 26.2 Å². The fraction of sp³-hybridized carbons (Fsp3) is 0.240. The van der Waals surface area contributed by atoms with E-state index < -0.39 is 11.5 Å². The number of Topliss-reactive ketones (excluding diaryl/α,β-unsaturated/α-hetero) is 1. The maximum Gasteiger partial charge on any atom is 0.184 e. The van der Waals surface area contributed by atoms with E-state index in [0.717, 1.165) is 11.0 Å². The standard InChI is InChI=1S/C25H24N4O4/c1-25(20-10-7-11-33-20)22(30)21(23-27-18-8-5-6-9-19(18)28-23)24(26-2)29(25)15-12-16(31-3)14-17(13-15)32-4/h5-14,21H,1-4H3,(H,27,28). The normalized spacial score (nSPS) is 21.8. The summed E-state index contributed by atoms with van der Waals surface area (Å²) in [7, 11) is 4.85. The minimum absolute atomic E-state index is 0.0982. The van der Waals surface area contributed by atoms with Crippen molar-refractivity contribution in [2.24, 2.45) is 4.99 Å². The summed E-state index contributed by atoms with van der Waals surface area (Å²) in [6.45, 7) is 1.84. The Morgan fingerprint density at radius 1 is 1.09 bits per heavy atom. The number of aromatic nitrogens is 2. The molecule has 3 heterocycles. The van der Waals surface area contributed by atoms with Gasteiger partial charge in [0, 0.05) is 25.2 Å². The summed E-state index contributed by atoms with van der Waals surface area (Å²) >= 11 is 0. The summed E-state index contributed by atoms with van der Waals surface area (Å²) in [5.74, 6) is 1.98. The van der Waals surface area contributed by atoms with Gasteiger partial charge in [-0.2, -0.15) is 0 Å². The van der Waals surface area contributed by atoms with E-state index in [0.29, 0.717) is 34.6 Å². The second-order valence-corrected chi connectivity index (χ2v) is 7.97. The second kappa shape index (κ2) is 7.81. The number of hydrogen-bond donors (Lipinski definition) is 1. The number of H-pyrrole nitrogens is 1. The molecular formula is C25H24N4O4. The Morgan fingerprint density at radius 3 is 2.42 bits per heavy atom. The van der Waals surface area contributed by atoms with Gasteiger partial charge >= 0.3 is 0 Å². The summed E-state index contributed by atoms with van der Waals surface area (Å²) in [5, 5.41) is 0. The van der Waals surface area contributed by atoms with Crippen LogP contribution in [0.3, 0.4) is 0 Å². The molecule has 0 radical (unpaired) electrons. The van der Waals surface area contributed by atoms with E-state index in [9.17, 15) is 4.79 Å².